The zero-order valence-electron chi connectivity index (χ0n) is 9.26. The van der Waals surface area contributed by atoms with Gasteiger partial charge in [-0.15, -0.1) is 12.4 Å². The Morgan fingerprint density at radius 3 is 2.25 bits per heavy atom. The molecular formula is C13H18ClNO. The monoisotopic (exact) mass is 239 g/mol. The lowest BCUT2D eigenvalue weighted by atomic mass is 9.84. The first-order chi connectivity index (χ1) is 7.29. The van der Waals surface area contributed by atoms with E-state index >= 15 is 0 Å². The molecule has 1 aliphatic carbocycles. The minimum Gasteiger partial charge on any atom is -0.369 e. The van der Waals surface area contributed by atoms with E-state index < -0.39 is 0 Å². The van der Waals surface area contributed by atoms with E-state index in [9.17, 15) is 4.79 Å². The van der Waals surface area contributed by atoms with Crippen molar-refractivity contribution >= 4 is 18.3 Å². The molecule has 2 rings (SSSR count). The van der Waals surface area contributed by atoms with E-state index in [0.29, 0.717) is 5.92 Å². The molecule has 88 valence electrons. The summed E-state index contributed by atoms with van der Waals surface area (Å²) in [5.74, 6) is 0.215. The molecule has 0 aliphatic heterocycles. The Labute approximate surface area is 103 Å². The van der Waals surface area contributed by atoms with E-state index in [0.717, 1.165) is 18.4 Å². The first kappa shape index (κ1) is 13.0. The highest BCUT2D eigenvalue weighted by Gasteiger charge is 2.30. The first-order valence-electron chi connectivity index (χ1n) is 5.63. The first-order valence-corrected chi connectivity index (χ1v) is 5.63. The van der Waals surface area contributed by atoms with Crippen LogP contribution in [-0.4, -0.2) is 5.91 Å². The van der Waals surface area contributed by atoms with Crippen LogP contribution in [-0.2, 0) is 4.79 Å². The van der Waals surface area contributed by atoms with Gasteiger partial charge in [0.2, 0.25) is 5.91 Å². The van der Waals surface area contributed by atoms with E-state index in [1.807, 2.05) is 30.3 Å². The summed E-state index contributed by atoms with van der Waals surface area (Å²) in [5.41, 5.74) is 6.59. The molecule has 0 bridgehead atoms. The Balaban J connectivity index is 0.00000128. The molecule has 2 N–H and O–H groups in total. The molecule has 16 heavy (non-hydrogen) atoms. The van der Waals surface area contributed by atoms with Gasteiger partial charge in [-0.3, -0.25) is 4.79 Å². The molecule has 1 aliphatic rings. The molecule has 1 saturated carbocycles. The number of hydrogen-bond donors (Lipinski definition) is 1. The van der Waals surface area contributed by atoms with Gasteiger partial charge >= 0.3 is 0 Å². The number of hydrogen-bond acceptors (Lipinski definition) is 1. The number of halogens is 1. The average molecular weight is 240 g/mol. The number of amides is 1. The standard InChI is InChI=1S/C13H17NO.ClH/c14-13(15)12(11-8-4-5-9-11)10-6-2-1-3-7-10;/h1-3,6-7,11-12H,4-5,8-9H2,(H2,14,15);1H. The minimum atomic E-state index is -0.173. The van der Waals surface area contributed by atoms with Crippen LogP contribution >= 0.6 is 12.4 Å². The summed E-state index contributed by atoms with van der Waals surface area (Å²) >= 11 is 0. The summed E-state index contributed by atoms with van der Waals surface area (Å²) in [6.45, 7) is 0. The number of primary amides is 1. The lowest BCUT2D eigenvalue weighted by Crippen LogP contribution is -2.26. The van der Waals surface area contributed by atoms with E-state index in [1.54, 1.807) is 0 Å². The van der Waals surface area contributed by atoms with Crippen molar-refractivity contribution in [2.24, 2.45) is 11.7 Å². The smallest absolute Gasteiger partial charge is 0.225 e. The fraction of sp³-hybridized carbons (Fsp3) is 0.462. The molecule has 1 aromatic carbocycles. The van der Waals surface area contributed by atoms with Crippen LogP contribution in [0.3, 0.4) is 0 Å². The molecule has 0 spiro atoms. The van der Waals surface area contributed by atoms with Crippen LogP contribution in [0.25, 0.3) is 0 Å². The highest BCUT2D eigenvalue weighted by Crippen LogP contribution is 2.36. The predicted octanol–water partition coefficient (Wildman–Crippen LogP) is 2.87. The van der Waals surface area contributed by atoms with E-state index in [2.05, 4.69) is 0 Å². The zero-order chi connectivity index (χ0) is 10.7. The van der Waals surface area contributed by atoms with Crippen molar-refractivity contribution in [3.8, 4) is 0 Å². The Kier molecular flexibility index (Phi) is 4.81. The molecule has 1 atom stereocenters. The van der Waals surface area contributed by atoms with Crippen LogP contribution in [0.4, 0.5) is 0 Å². The van der Waals surface area contributed by atoms with Crippen LogP contribution in [0.15, 0.2) is 30.3 Å². The van der Waals surface area contributed by atoms with Crippen molar-refractivity contribution in [3.63, 3.8) is 0 Å². The van der Waals surface area contributed by atoms with Gasteiger partial charge in [0.1, 0.15) is 0 Å². The lowest BCUT2D eigenvalue weighted by molar-refractivity contribution is -0.120. The molecular weight excluding hydrogens is 222 g/mol. The molecule has 1 fully saturated rings. The van der Waals surface area contributed by atoms with Crippen molar-refractivity contribution in [3.05, 3.63) is 35.9 Å². The third-order valence-corrected chi connectivity index (χ3v) is 3.34. The topological polar surface area (TPSA) is 43.1 Å². The van der Waals surface area contributed by atoms with Crippen LogP contribution in [0.5, 0.6) is 0 Å². The third-order valence-electron chi connectivity index (χ3n) is 3.34. The van der Waals surface area contributed by atoms with Gasteiger partial charge in [0, 0.05) is 0 Å². The van der Waals surface area contributed by atoms with Gasteiger partial charge in [0.25, 0.3) is 0 Å². The second-order valence-electron chi connectivity index (χ2n) is 4.34. The quantitative estimate of drug-likeness (QED) is 0.866. The van der Waals surface area contributed by atoms with E-state index in [1.165, 1.54) is 12.8 Å². The fourth-order valence-corrected chi connectivity index (χ4v) is 2.62. The highest BCUT2D eigenvalue weighted by molar-refractivity contribution is 5.85. The summed E-state index contributed by atoms with van der Waals surface area (Å²) in [4.78, 5) is 11.5. The van der Waals surface area contributed by atoms with Gasteiger partial charge < -0.3 is 5.73 Å². The van der Waals surface area contributed by atoms with Crippen LogP contribution in [0.1, 0.15) is 37.2 Å². The van der Waals surface area contributed by atoms with Gasteiger partial charge in [-0.25, -0.2) is 0 Å². The maximum absolute atomic E-state index is 11.5. The minimum absolute atomic E-state index is 0. The Hall–Kier alpha value is -1.02. The molecule has 3 heteroatoms. The maximum atomic E-state index is 11.5. The second-order valence-corrected chi connectivity index (χ2v) is 4.34. The summed E-state index contributed by atoms with van der Waals surface area (Å²) in [6, 6.07) is 9.93. The number of nitrogens with two attached hydrogens (primary N) is 1. The molecule has 1 amide bonds. The summed E-state index contributed by atoms with van der Waals surface area (Å²) in [7, 11) is 0. The van der Waals surface area contributed by atoms with Crippen molar-refractivity contribution in [1.29, 1.82) is 0 Å². The molecule has 1 aromatic rings. The van der Waals surface area contributed by atoms with Gasteiger partial charge in [-0.2, -0.15) is 0 Å². The van der Waals surface area contributed by atoms with Crippen molar-refractivity contribution in [2.75, 3.05) is 0 Å². The Morgan fingerprint density at radius 2 is 1.75 bits per heavy atom. The van der Waals surface area contributed by atoms with Crippen molar-refractivity contribution in [2.45, 2.75) is 31.6 Å². The number of carbonyl (C=O) groups excluding carboxylic acids is 1. The largest absolute Gasteiger partial charge is 0.369 e. The van der Waals surface area contributed by atoms with Gasteiger partial charge in [-0.05, 0) is 24.3 Å². The number of benzene rings is 1. The summed E-state index contributed by atoms with van der Waals surface area (Å²) < 4.78 is 0. The second kappa shape index (κ2) is 5.90. The van der Waals surface area contributed by atoms with Crippen LogP contribution < -0.4 is 5.73 Å². The number of carbonyl (C=O) groups is 1. The normalized spacial score (nSPS) is 17.8. The molecule has 0 heterocycles. The van der Waals surface area contributed by atoms with Gasteiger partial charge in [-0.1, -0.05) is 43.2 Å². The van der Waals surface area contributed by atoms with Crippen molar-refractivity contribution < 1.29 is 4.79 Å². The van der Waals surface area contributed by atoms with Crippen LogP contribution in [0, 0.1) is 5.92 Å². The average Bonchev–Trinajstić information content (AvgIpc) is 2.72. The molecule has 1 unspecified atom stereocenters. The highest BCUT2D eigenvalue weighted by atomic mass is 35.5. The van der Waals surface area contributed by atoms with Gasteiger partial charge in [0.05, 0.1) is 5.92 Å². The fourth-order valence-electron chi connectivity index (χ4n) is 2.62. The molecule has 0 saturated heterocycles. The third kappa shape index (κ3) is 2.76. The lowest BCUT2D eigenvalue weighted by Gasteiger charge is -2.20. The van der Waals surface area contributed by atoms with E-state index in [4.69, 9.17) is 5.73 Å². The predicted molar refractivity (Wildman–Crippen MR) is 67.6 cm³/mol. The molecule has 0 radical (unpaired) electrons. The van der Waals surface area contributed by atoms with E-state index in [-0.39, 0.29) is 24.2 Å². The molecule has 0 aromatic heterocycles. The van der Waals surface area contributed by atoms with Gasteiger partial charge in [0.15, 0.2) is 0 Å². The van der Waals surface area contributed by atoms with Crippen LogP contribution in [0.2, 0.25) is 0 Å². The molecule has 2 nitrogen and oxygen atoms in total. The zero-order valence-corrected chi connectivity index (χ0v) is 10.1. The Morgan fingerprint density at radius 1 is 1.19 bits per heavy atom. The Bertz CT molecular complexity index is 333. The number of rotatable bonds is 3. The maximum Gasteiger partial charge on any atom is 0.225 e. The summed E-state index contributed by atoms with van der Waals surface area (Å²) in [6.07, 6.45) is 4.76. The van der Waals surface area contributed by atoms with Crippen molar-refractivity contribution in [1.82, 2.24) is 0 Å². The SMILES string of the molecule is Cl.NC(=O)C(c1ccccc1)C1CCCC1. The summed E-state index contributed by atoms with van der Waals surface area (Å²) in [5, 5.41) is 0.